The molecule has 0 heterocycles. The quantitative estimate of drug-likeness (QED) is 0.561. The molecule has 0 saturated carbocycles. The predicted octanol–water partition coefficient (Wildman–Crippen LogP) is 4.09. The van der Waals surface area contributed by atoms with Gasteiger partial charge in [0.15, 0.2) is 11.5 Å². The minimum absolute atomic E-state index is 0.256. The van der Waals surface area contributed by atoms with E-state index in [4.69, 9.17) is 14.3 Å². The van der Waals surface area contributed by atoms with E-state index >= 15 is 0 Å². The Hall–Kier alpha value is -3.02. The number of carbonyl (C=O) groups is 1. The molecule has 0 bridgehead atoms. The van der Waals surface area contributed by atoms with Gasteiger partial charge in [-0.1, -0.05) is 23.4 Å². The number of anilines is 1. The van der Waals surface area contributed by atoms with Crippen LogP contribution in [0.3, 0.4) is 0 Å². The highest BCUT2D eigenvalue weighted by atomic mass is 16.6. The number of rotatable bonds is 8. The summed E-state index contributed by atoms with van der Waals surface area (Å²) >= 11 is 0. The Morgan fingerprint density at radius 2 is 1.89 bits per heavy atom. The summed E-state index contributed by atoms with van der Waals surface area (Å²) in [6.07, 6.45) is 0.797. The summed E-state index contributed by atoms with van der Waals surface area (Å²) in [5, 5.41) is 6.81. The SMILES string of the molecule is CCOc1ccc(/C=N/OC(C)C(=O)Nc2c(C)cccc2C)cc1OC. The van der Waals surface area contributed by atoms with E-state index in [9.17, 15) is 4.79 Å². The van der Waals surface area contributed by atoms with Crippen molar-refractivity contribution in [2.24, 2.45) is 5.16 Å². The second-order valence-corrected chi connectivity index (χ2v) is 6.08. The second kappa shape index (κ2) is 9.62. The van der Waals surface area contributed by atoms with E-state index in [-0.39, 0.29) is 5.91 Å². The van der Waals surface area contributed by atoms with E-state index in [1.54, 1.807) is 26.2 Å². The molecule has 0 aliphatic carbocycles. The monoisotopic (exact) mass is 370 g/mol. The third-order valence-corrected chi connectivity index (χ3v) is 4.01. The summed E-state index contributed by atoms with van der Waals surface area (Å²) in [6.45, 7) is 8.02. The van der Waals surface area contributed by atoms with Crippen LogP contribution >= 0.6 is 0 Å². The average Bonchev–Trinajstić information content (AvgIpc) is 2.65. The highest BCUT2D eigenvalue weighted by Gasteiger charge is 2.16. The van der Waals surface area contributed by atoms with Crippen LogP contribution in [0.2, 0.25) is 0 Å². The average molecular weight is 370 g/mol. The molecule has 0 aliphatic rings. The van der Waals surface area contributed by atoms with E-state index < -0.39 is 6.10 Å². The van der Waals surface area contributed by atoms with Gasteiger partial charge in [0.2, 0.25) is 6.10 Å². The van der Waals surface area contributed by atoms with Crippen molar-refractivity contribution in [1.82, 2.24) is 0 Å². The number of oxime groups is 1. The van der Waals surface area contributed by atoms with Crippen molar-refractivity contribution in [2.75, 3.05) is 19.0 Å². The molecule has 0 radical (unpaired) electrons. The number of carbonyl (C=O) groups excluding carboxylic acids is 1. The first kappa shape index (κ1) is 20.3. The molecule has 27 heavy (non-hydrogen) atoms. The largest absolute Gasteiger partial charge is 0.493 e. The minimum atomic E-state index is -0.732. The highest BCUT2D eigenvalue weighted by Crippen LogP contribution is 2.27. The lowest BCUT2D eigenvalue weighted by Gasteiger charge is -2.14. The molecule has 1 unspecified atom stereocenters. The minimum Gasteiger partial charge on any atom is -0.493 e. The summed E-state index contributed by atoms with van der Waals surface area (Å²) < 4.78 is 10.8. The molecule has 0 spiro atoms. The maximum atomic E-state index is 12.3. The Labute approximate surface area is 160 Å². The van der Waals surface area contributed by atoms with E-state index in [1.165, 1.54) is 6.21 Å². The lowest BCUT2D eigenvalue weighted by Crippen LogP contribution is -2.27. The molecule has 6 heteroatoms. The van der Waals surface area contributed by atoms with Gasteiger partial charge in [-0.3, -0.25) is 4.79 Å². The first-order valence-corrected chi connectivity index (χ1v) is 8.83. The number of aryl methyl sites for hydroxylation is 2. The number of para-hydroxylation sites is 1. The van der Waals surface area contributed by atoms with Gasteiger partial charge in [0.1, 0.15) is 0 Å². The standard InChI is InChI=1S/C21H26N2O4/c1-6-26-18-11-10-17(12-19(18)25-5)13-22-27-16(4)21(24)23-20-14(2)8-7-9-15(20)3/h7-13,16H,6H2,1-5H3,(H,23,24)/b22-13+. The second-order valence-electron chi connectivity index (χ2n) is 6.08. The van der Waals surface area contributed by atoms with Gasteiger partial charge in [-0.2, -0.15) is 0 Å². The van der Waals surface area contributed by atoms with Crippen molar-refractivity contribution in [2.45, 2.75) is 33.8 Å². The summed E-state index contributed by atoms with van der Waals surface area (Å²) in [6, 6.07) is 11.3. The zero-order valence-corrected chi connectivity index (χ0v) is 16.4. The molecule has 6 nitrogen and oxygen atoms in total. The van der Waals surface area contributed by atoms with E-state index in [0.29, 0.717) is 18.1 Å². The molecule has 0 saturated heterocycles. The summed E-state index contributed by atoms with van der Waals surface area (Å²) in [5.41, 5.74) is 3.58. The van der Waals surface area contributed by atoms with Crippen LogP contribution < -0.4 is 14.8 Å². The lowest BCUT2D eigenvalue weighted by molar-refractivity contribution is -0.126. The van der Waals surface area contributed by atoms with Gasteiger partial charge in [0.25, 0.3) is 5.91 Å². The molecule has 2 rings (SSSR count). The molecule has 144 valence electrons. The van der Waals surface area contributed by atoms with Gasteiger partial charge >= 0.3 is 0 Å². The summed E-state index contributed by atoms with van der Waals surface area (Å²) in [7, 11) is 1.58. The van der Waals surface area contributed by atoms with Crippen LogP contribution in [-0.2, 0) is 9.63 Å². The Kier molecular flexibility index (Phi) is 7.23. The highest BCUT2D eigenvalue weighted by molar-refractivity contribution is 5.95. The van der Waals surface area contributed by atoms with Crippen molar-refractivity contribution in [3.63, 3.8) is 0 Å². The maximum Gasteiger partial charge on any atom is 0.268 e. The van der Waals surface area contributed by atoms with Crippen LogP contribution in [0.15, 0.2) is 41.6 Å². The first-order chi connectivity index (χ1) is 13.0. The number of nitrogens with zero attached hydrogens (tertiary/aromatic N) is 1. The van der Waals surface area contributed by atoms with Gasteiger partial charge in [0, 0.05) is 11.3 Å². The number of hydrogen-bond acceptors (Lipinski definition) is 5. The molecule has 0 aliphatic heterocycles. The van der Waals surface area contributed by atoms with Gasteiger partial charge in [-0.05, 0) is 57.0 Å². The molecule has 1 amide bonds. The van der Waals surface area contributed by atoms with Crippen LogP contribution in [0.4, 0.5) is 5.69 Å². The van der Waals surface area contributed by atoms with Crippen LogP contribution in [0.5, 0.6) is 11.5 Å². The molecular formula is C21H26N2O4. The lowest BCUT2D eigenvalue weighted by atomic mass is 10.1. The summed E-state index contributed by atoms with van der Waals surface area (Å²) in [5.74, 6) is 1.02. The van der Waals surface area contributed by atoms with Gasteiger partial charge < -0.3 is 19.6 Å². The molecule has 0 aromatic heterocycles. The number of ether oxygens (including phenoxy) is 2. The van der Waals surface area contributed by atoms with Gasteiger partial charge in [0.05, 0.1) is 19.9 Å². The molecular weight excluding hydrogens is 344 g/mol. The normalized spacial score (nSPS) is 11.9. The maximum absolute atomic E-state index is 12.3. The molecule has 0 fully saturated rings. The molecule has 2 aromatic rings. The fourth-order valence-electron chi connectivity index (χ4n) is 2.51. The number of hydrogen-bond donors (Lipinski definition) is 1. The zero-order chi connectivity index (χ0) is 19.8. The third kappa shape index (κ3) is 5.48. The smallest absolute Gasteiger partial charge is 0.268 e. The van der Waals surface area contributed by atoms with Crippen molar-refractivity contribution >= 4 is 17.8 Å². The molecule has 1 atom stereocenters. The number of benzene rings is 2. The van der Waals surface area contributed by atoms with Gasteiger partial charge in [-0.15, -0.1) is 0 Å². The third-order valence-electron chi connectivity index (χ3n) is 4.01. The number of methoxy groups -OCH3 is 1. The molecule has 2 aromatic carbocycles. The topological polar surface area (TPSA) is 69.2 Å². The predicted molar refractivity (Wildman–Crippen MR) is 107 cm³/mol. The Balaban J connectivity index is 1.98. The fraction of sp³-hybridized carbons (Fsp3) is 0.333. The molecule has 1 N–H and O–H groups in total. The van der Waals surface area contributed by atoms with Crippen molar-refractivity contribution in [1.29, 1.82) is 0 Å². The van der Waals surface area contributed by atoms with Crippen molar-refractivity contribution in [3.8, 4) is 11.5 Å². The first-order valence-electron chi connectivity index (χ1n) is 8.83. The Morgan fingerprint density at radius 3 is 2.52 bits per heavy atom. The van der Waals surface area contributed by atoms with Crippen LogP contribution in [-0.4, -0.2) is 31.9 Å². The Bertz CT molecular complexity index is 798. The fourth-order valence-corrected chi connectivity index (χ4v) is 2.51. The van der Waals surface area contributed by atoms with Crippen molar-refractivity contribution in [3.05, 3.63) is 53.1 Å². The summed E-state index contributed by atoms with van der Waals surface area (Å²) in [4.78, 5) is 17.6. The number of nitrogens with one attached hydrogen (secondary N) is 1. The van der Waals surface area contributed by atoms with Crippen LogP contribution in [0.1, 0.15) is 30.5 Å². The number of amides is 1. The van der Waals surface area contributed by atoms with E-state index in [2.05, 4.69) is 10.5 Å². The van der Waals surface area contributed by atoms with E-state index in [0.717, 1.165) is 22.4 Å². The van der Waals surface area contributed by atoms with Gasteiger partial charge in [-0.25, -0.2) is 0 Å². The van der Waals surface area contributed by atoms with Crippen molar-refractivity contribution < 1.29 is 19.1 Å². The van der Waals surface area contributed by atoms with Crippen LogP contribution in [0, 0.1) is 13.8 Å². The van der Waals surface area contributed by atoms with Crippen LogP contribution in [0.25, 0.3) is 0 Å². The van der Waals surface area contributed by atoms with E-state index in [1.807, 2.05) is 45.0 Å². The zero-order valence-electron chi connectivity index (χ0n) is 16.4. The Morgan fingerprint density at radius 1 is 1.19 bits per heavy atom.